The molecule has 0 saturated carbocycles. The van der Waals surface area contributed by atoms with Gasteiger partial charge in [-0.1, -0.05) is 35.3 Å². The van der Waals surface area contributed by atoms with E-state index >= 15 is 0 Å². The summed E-state index contributed by atoms with van der Waals surface area (Å²) in [5.41, 5.74) is 2.60. The first-order valence-electron chi connectivity index (χ1n) is 9.39. The molecule has 0 spiro atoms. The monoisotopic (exact) mass is 422 g/mol. The number of amides is 1. The smallest absolute Gasteiger partial charge is 0.282 e. The van der Waals surface area contributed by atoms with E-state index in [1.54, 1.807) is 13.2 Å². The highest BCUT2D eigenvalue weighted by molar-refractivity contribution is 6.33. The number of aryl methyl sites for hydroxylation is 1. The molecule has 0 radical (unpaired) electrons. The molecule has 1 aliphatic heterocycles. The van der Waals surface area contributed by atoms with Gasteiger partial charge < -0.3 is 19.9 Å². The van der Waals surface area contributed by atoms with Gasteiger partial charge in [0.05, 0.1) is 49.7 Å². The zero-order valence-electron chi connectivity index (χ0n) is 16.4. The van der Waals surface area contributed by atoms with E-state index in [1.165, 1.54) is 4.90 Å². The first-order chi connectivity index (χ1) is 13.4. The van der Waals surface area contributed by atoms with Crippen molar-refractivity contribution in [3.63, 3.8) is 0 Å². The highest BCUT2D eigenvalue weighted by Gasteiger charge is 2.30. The third kappa shape index (κ3) is 4.54. The number of halogens is 2. The Hall–Kier alpha value is -1.95. The van der Waals surface area contributed by atoms with E-state index in [4.69, 9.17) is 27.9 Å². The van der Waals surface area contributed by atoms with Gasteiger partial charge in [-0.25, -0.2) is 0 Å². The second kappa shape index (κ2) is 9.03. The molecule has 1 aliphatic rings. The van der Waals surface area contributed by atoms with Crippen LogP contribution in [0.2, 0.25) is 10.0 Å². The van der Waals surface area contributed by atoms with E-state index in [9.17, 15) is 4.79 Å². The molecule has 150 valence electrons. The standard InChI is InChI=1S/C21H25Cl2N3O2/c1-14-12-18(20(28-3)13-17(14)23)24-21(27)15(2)25-8-10-26(11-9-25)19-7-5-4-6-16(19)22/h4-7,12-13,15H,8-11H2,1-3H3,(H,24,27)/p+1/t15-/m0/s1. The van der Waals surface area contributed by atoms with Crippen LogP contribution in [0.3, 0.4) is 0 Å². The first-order valence-corrected chi connectivity index (χ1v) is 10.2. The van der Waals surface area contributed by atoms with Crippen molar-refractivity contribution in [1.29, 1.82) is 0 Å². The highest BCUT2D eigenvalue weighted by atomic mass is 35.5. The summed E-state index contributed by atoms with van der Waals surface area (Å²) in [5.74, 6) is 0.538. The molecule has 1 saturated heterocycles. The molecule has 0 aliphatic carbocycles. The summed E-state index contributed by atoms with van der Waals surface area (Å²) in [6, 6.07) is 11.3. The molecule has 1 heterocycles. The van der Waals surface area contributed by atoms with Gasteiger partial charge in [-0.2, -0.15) is 0 Å². The zero-order valence-corrected chi connectivity index (χ0v) is 17.9. The predicted molar refractivity (Wildman–Crippen MR) is 115 cm³/mol. The van der Waals surface area contributed by atoms with Crippen molar-refractivity contribution in [2.75, 3.05) is 43.5 Å². The molecule has 2 N–H and O–H groups in total. The Kier molecular flexibility index (Phi) is 6.70. The van der Waals surface area contributed by atoms with Crippen molar-refractivity contribution in [3.05, 3.63) is 52.0 Å². The Morgan fingerprint density at radius 3 is 2.50 bits per heavy atom. The molecular formula is C21H26Cl2N3O2+. The Morgan fingerprint density at radius 1 is 1.18 bits per heavy atom. The number of quaternary nitrogens is 1. The first kappa shape index (κ1) is 20.8. The molecular weight excluding hydrogens is 397 g/mol. The maximum atomic E-state index is 12.8. The molecule has 2 aromatic carbocycles. The fourth-order valence-electron chi connectivity index (χ4n) is 3.53. The van der Waals surface area contributed by atoms with Crippen molar-refractivity contribution < 1.29 is 14.4 Å². The van der Waals surface area contributed by atoms with E-state index < -0.39 is 0 Å². The number of benzene rings is 2. The van der Waals surface area contributed by atoms with E-state index in [0.29, 0.717) is 16.5 Å². The minimum Gasteiger partial charge on any atom is -0.495 e. The fraction of sp³-hybridized carbons (Fsp3) is 0.381. The number of hydrogen-bond donors (Lipinski definition) is 2. The molecule has 1 fully saturated rings. The summed E-state index contributed by atoms with van der Waals surface area (Å²) < 4.78 is 5.36. The molecule has 1 amide bonds. The molecule has 0 aromatic heterocycles. The number of piperazine rings is 1. The van der Waals surface area contributed by atoms with Crippen LogP contribution in [-0.2, 0) is 4.79 Å². The molecule has 2 aromatic rings. The van der Waals surface area contributed by atoms with Gasteiger partial charge in [-0.15, -0.1) is 0 Å². The second-order valence-corrected chi connectivity index (χ2v) is 7.92. The fourth-order valence-corrected chi connectivity index (χ4v) is 3.94. The maximum absolute atomic E-state index is 12.8. The molecule has 7 heteroatoms. The van der Waals surface area contributed by atoms with Crippen LogP contribution in [0, 0.1) is 6.92 Å². The summed E-state index contributed by atoms with van der Waals surface area (Å²) in [4.78, 5) is 16.4. The topological polar surface area (TPSA) is 46.0 Å². The van der Waals surface area contributed by atoms with Crippen LogP contribution in [-0.4, -0.2) is 45.2 Å². The lowest BCUT2D eigenvalue weighted by atomic mass is 10.1. The highest BCUT2D eigenvalue weighted by Crippen LogP contribution is 2.31. The largest absolute Gasteiger partial charge is 0.495 e. The number of carbonyl (C=O) groups is 1. The number of hydrogen-bond acceptors (Lipinski definition) is 3. The van der Waals surface area contributed by atoms with Crippen LogP contribution in [0.5, 0.6) is 5.75 Å². The number of carbonyl (C=O) groups excluding carboxylic acids is 1. The lowest BCUT2D eigenvalue weighted by molar-refractivity contribution is -0.914. The van der Waals surface area contributed by atoms with Crippen molar-refractivity contribution in [2.24, 2.45) is 0 Å². The molecule has 1 atom stereocenters. The average Bonchev–Trinajstić information content (AvgIpc) is 2.70. The quantitative estimate of drug-likeness (QED) is 0.777. The number of para-hydroxylation sites is 1. The van der Waals surface area contributed by atoms with E-state index in [0.717, 1.165) is 42.5 Å². The number of nitrogens with zero attached hydrogens (tertiary/aromatic N) is 1. The van der Waals surface area contributed by atoms with Crippen LogP contribution in [0.1, 0.15) is 12.5 Å². The number of rotatable bonds is 5. The lowest BCUT2D eigenvalue weighted by Crippen LogP contribution is -3.19. The van der Waals surface area contributed by atoms with Crippen molar-refractivity contribution in [3.8, 4) is 5.75 Å². The maximum Gasteiger partial charge on any atom is 0.282 e. The zero-order chi connectivity index (χ0) is 20.3. The summed E-state index contributed by atoms with van der Waals surface area (Å²) in [5, 5.41) is 4.38. The van der Waals surface area contributed by atoms with Crippen molar-refractivity contribution in [1.82, 2.24) is 0 Å². The normalized spacial score (nSPS) is 16.0. The van der Waals surface area contributed by atoms with Gasteiger partial charge in [0.2, 0.25) is 0 Å². The molecule has 0 bridgehead atoms. The number of ether oxygens (including phenoxy) is 1. The molecule has 5 nitrogen and oxygen atoms in total. The third-order valence-electron chi connectivity index (χ3n) is 5.34. The predicted octanol–water partition coefficient (Wildman–Crippen LogP) is 3.04. The lowest BCUT2D eigenvalue weighted by Gasteiger charge is -2.36. The summed E-state index contributed by atoms with van der Waals surface area (Å²) in [7, 11) is 1.57. The van der Waals surface area contributed by atoms with E-state index in [2.05, 4.69) is 10.2 Å². The van der Waals surface area contributed by atoms with Crippen LogP contribution in [0.4, 0.5) is 11.4 Å². The number of anilines is 2. The number of nitrogens with one attached hydrogen (secondary N) is 2. The van der Waals surface area contributed by atoms with Crippen LogP contribution < -0.4 is 19.9 Å². The Morgan fingerprint density at radius 2 is 1.86 bits per heavy atom. The van der Waals surface area contributed by atoms with E-state index in [1.807, 2.05) is 44.2 Å². The van der Waals surface area contributed by atoms with Crippen LogP contribution >= 0.6 is 23.2 Å². The minimum absolute atomic E-state index is 0.0267. The number of methoxy groups -OCH3 is 1. The van der Waals surface area contributed by atoms with Crippen molar-refractivity contribution in [2.45, 2.75) is 19.9 Å². The van der Waals surface area contributed by atoms with E-state index in [-0.39, 0.29) is 11.9 Å². The van der Waals surface area contributed by atoms with Gasteiger partial charge in [0.25, 0.3) is 5.91 Å². The summed E-state index contributed by atoms with van der Waals surface area (Å²) >= 11 is 12.5. The van der Waals surface area contributed by atoms with Crippen LogP contribution in [0.15, 0.2) is 36.4 Å². The van der Waals surface area contributed by atoms with Gasteiger partial charge >= 0.3 is 0 Å². The summed E-state index contributed by atoms with van der Waals surface area (Å²) in [6.45, 7) is 7.33. The van der Waals surface area contributed by atoms with Gasteiger partial charge in [0.1, 0.15) is 5.75 Å². The molecule has 3 rings (SSSR count). The molecule has 28 heavy (non-hydrogen) atoms. The Labute approximate surface area is 176 Å². The van der Waals surface area contributed by atoms with Crippen molar-refractivity contribution >= 4 is 40.5 Å². The van der Waals surface area contributed by atoms with Crippen LogP contribution in [0.25, 0.3) is 0 Å². The average molecular weight is 423 g/mol. The van der Waals surface area contributed by atoms with Gasteiger partial charge in [0, 0.05) is 11.1 Å². The van der Waals surface area contributed by atoms with Gasteiger partial charge in [-0.05, 0) is 37.6 Å². The Bertz CT molecular complexity index is 852. The van der Waals surface area contributed by atoms with Gasteiger partial charge in [-0.3, -0.25) is 4.79 Å². The van der Waals surface area contributed by atoms with Gasteiger partial charge in [0.15, 0.2) is 6.04 Å². The molecule has 0 unspecified atom stereocenters. The minimum atomic E-state index is -0.172. The summed E-state index contributed by atoms with van der Waals surface area (Å²) in [6.07, 6.45) is 0. The Balaban J connectivity index is 1.62. The second-order valence-electron chi connectivity index (χ2n) is 7.11. The SMILES string of the molecule is COc1cc(Cl)c(C)cc1NC(=O)[C@H](C)[NH+]1CCN(c2ccccc2Cl)CC1. The third-order valence-corrected chi connectivity index (χ3v) is 6.07.